The number of amides is 2. The van der Waals surface area contributed by atoms with Crippen molar-refractivity contribution in [3.8, 4) is 0 Å². The predicted molar refractivity (Wildman–Crippen MR) is 125 cm³/mol. The molecule has 0 aliphatic carbocycles. The largest absolute Gasteiger partial charge is 0.443 e. The van der Waals surface area contributed by atoms with E-state index in [1.54, 1.807) is 80.7 Å². The van der Waals surface area contributed by atoms with Gasteiger partial charge in [0.15, 0.2) is 0 Å². The van der Waals surface area contributed by atoms with Crippen LogP contribution in [0.25, 0.3) is 0 Å². The minimum Gasteiger partial charge on any atom is -0.443 e. The molecule has 3 aromatic rings. The van der Waals surface area contributed by atoms with Crippen LogP contribution >= 0.6 is 11.3 Å². The molecule has 7 nitrogen and oxygen atoms in total. The number of carbonyl (C=O) groups is 2. The van der Waals surface area contributed by atoms with Gasteiger partial charge in [-0.3, -0.25) is 4.79 Å². The van der Waals surface area contributed by atoms with Crippen molar-refractivity contribution in [2.45, 2.75) is 42.7 Å². The van der Waals surface area contributed by atoms with E-state index in [0.717, 1.165) is 16.2 Å². The lowest BCUT2D eigenvalue weighted by atomic mass is 9.94. The summed E-state index contributed by atoms with van der Waals surface area (Å²) in [5.74, 6) is -0.527. The van der Waals surface area contributed by atoms with Crippen LogP contribution in [0.4, 0.5) is 4.79 Å². The third-order valence-electron chi connectivity index (χ3n) is 5.11. The van der Waals surface area contributed by atoms with Crippen LogP contribution in [0.3, 0.4) is 0 Å². The van der Waals surface area contributed by atoms with Crippen molar-refractivity contribution >= 4 is 33.4 Å². The van der Waals surface area contributed by atoms with Crippen molar-refractivity contribution in [1.82, 2.24) is 9.62 Å². The van der Waals surface area contributed by atoms with E-state index in [0.29, 0.717) is 16.7 Å². The van der Waals surface area contributed by atoms with Crippen LogP contribution in [0, 0.1) is 0 Å². The summed E-state index contributed by atoms with van der Waals surface area (Å²) in [6, 6.07) is 17.0. The van der Waals surface area contributed by atoms with Gasteiger partial charge in [0.25, 0.3) is 15.9 Å². The highest BCUT2D eigenvalue weighted by Crippen LogP contribution is 2.43. The summed E-state index contributed by atoms with van der Waals surface area (Å²) in [4.78, 5) is 27.5. The zero-order valence-corrected chi connectivity index (χ0v) is 20.0. The van der Waals surface area contributed by atoms with Gasteiger partial charge < -0.3 is 4.74 Å². The van der Waals surface area contributed by atoms with Crippen LogP contribution in [0.1, 0.15) is 54.3 Å². The van der Waals surface area contributed by atoms with E-state index in [1.165, 1.54) is 6.07 Å². The normalized spacial score (nSPS) is 17.0. The zero-order chi connectivity index (χ0) is 23.8. The predicted octanol–water partition coefficient (Wildman–Crippen LogP) is 4.90. The highest BCUT2D eigenvalue weighted by atomic mass is 32.2. The first kappa shape index (κ1) is 23.2. The van der Waals surface area contributed by atoms with E-state index in [4.69, 9.17) is 4.74 Å². The van der Waals surface area contributed by atoms with Crippen molar-refractivity contribution in [3.05, 3.63) is 88.8 Å². The number of rotatable bonds is 5. The summed E-state index contributed by atoms with van der Waals surface area (Å²) in [6.45, 7) is 5.13. The van der Waals surface area contributed by atoms with E-state index >= 15 is 0 Å². The SMILES string of the molecule is CC(C)(C)OC(=O)N1C(=O)c2ccccc2C1C(NS(=O)(=O)c1cccs1)c1ccccc1. The molecule has 0 bridgehead atoms. The molecule has 4 rings (SSSR count). The van der Waals surface area contributed by atoms with Gasteiger partial charge in [0, 0.05) is 5.56 Å². The standard InChI is InChI=1S/C24H24N2O5S2/c1-24(2,3)31-23(28)26-21(17-12-7-8-13-18(17)22(26)27)20(16-10-5-4-6-11-16)25-33(29,30)19-14-9-15-32-19/h4-15,20-21,25H,1-3H3. The van der Waals surface area contributed by atoms with Crippen molar-refractivity contribution < 1.29 is 22.7 Å². The molecule has 0 fully saturated rings. The molecule has 2 amide bonds. The fourth-order valence-electron chi connectivity index (χ4n) is 3.80. The Morgan fingerprint density at radius 2 is 1.70 bits per heavy atom. The molecular weight excluding hydrogens is 460 g/mol. The molecule has 0 saturated carbocycles. The van der Waals surface area contributed by atoms with E-state index in [2.05, 4.69) is 4.72 Å². The highest BCUT2D eigenvalue weighted by molar-refractivity contribution is 7.91. The molecule has 2 unspecified atom stereocenters. The molecule has 1 aromatic heterocycles. The minimum absolute atomic E-state index is 0.143. The maximum Gasteiger partial charge on any atom is 0.417 e. The second-order valence-corrected chi connectivity index (χ2v) is 11.5. The summed E-state index contributed by atoms with van der Waals surface area (Å²) in [5.41, 5.74) is 0.663. The fraction of sp³-hybridized carbons (Fsp3) is 0.250. The first-order valence-corrected chi connectivity index (χ1v) is 12.7. The molecule has 0 saturated heterocycles. The van der Waals surface area contributed by atoms with Crippen molar-refractivity contribution in [2.75, 3.05) is 0 Å². The lowest BCUT2D eigenvalue weighted by Gasteiger charge is -2.33. The van der Waals surface area contributed by atoms with Crippen LogP contribution < -0.4 is 4.72 Å². The van der Waals surface area contributed by atoms with Crippen LogP contribution in [0.15, 0.2) is 76.3 Å². The van der Waals surface area contributed by atoms with Crippen LogP contribution in [-0.2, 0) is 14.8 Å². The first-order valence-electron chi connectivity index (χ1n) is 10.3. The number of carbonyl (C=O) groups excluding carboxylic acids is 2. The number of ether oxygens (including phenoxy) is 1. The lowest BCUT2D eigenvalue weighted by molar-refractivity contribution is 0.0164. The first-order chi connectivity index (χ1) is 15.6. The smallest absolute Gasteiger partial charge is 0.417 e. The molecule has 172 valence electrons. The molecule has 1 N–H and O–H groups in total. The van der Waals surface area contributed by atoms with Crippen molar-refractivity contribution in [2.24, 2.45) is 0 Å². The Kier molecular flexibility index (Phi) is 6.13. The molecule has 2 atom stereocenters. The van der Waals surface area contributed by atoms with Crippen molar-refractivity contribution in [1.29, 1.82) is 0 Å². The van der Waals surface area contributed by atoms with Gasteiger partial charge >= 0.3 is 6.09 Å². The lowest BCUT2D eigenvalue weighted by Crippen LogP contribution is -2.44. The molecular formula is C24H24N2O5S2. The van der Waals surface area contributed by atoms with Gasteiger partial charge in [0.2, 0.25) is 0 Å². The number of nitrogens with zero attached hydrogens (tertiary/aromatic N) is 1. The van der Waals surface area contributed by atoms with E-state index in [9.17, 15) is 18.0 Å². The quantitative estimate of drug-likeness (QED) is 0.556. The molecule has 2 heterocycles. The molecule has 1 aliphatic rings. The second kappa shape index (κ2) is 8.74. The maximum atomic E-state index is 13.3. The minimum atomic E-state index is -3.93. The Bertz CT molecular complexity index is 1270. The van der Waals surface area contributed by atoms with Gasteiger partial charge in [-0.15, -0.1) is 11.3 Å². The third kappa shape index (κ3) is 4.71. The van der Waals surface area contributed by atoms with E-state index in [-0.39, 0.29) is 4.21 Å². The van der Waals surface area contributed by atoms with Crippen LogP contribution in [-0.4, -0.2) is 30.9 Å². The zero-order valence-electron chi connectivity index (χ0n) is 18.4. The topological polar surface area (TPSA) is 92.8 Å². The second-order valence-electron chi connectivity index (χ2n) is 8.63. The van der Waals surface area contributed by atoms with Gasteiger partial charge in [-0.2, -0.15) is 0 Å². The van der Waals surface area contributed by atoms with Gasteiger partial charge in [-0.05, 0) is 49.4 Å². The van der Waals surface area contributed by atoms with E-state index < -0.39 is 39.7 Å². The Morgan fingerprint density at radius 3 is 2.33 bits per heavy atom. The average molecular weight is 485 g/mol. The summed E-state index contributed by atoms with van der Waals surface area (Å²) >= 11 is 1.09. The Labute approximate surface area is 197 Å². The number of thiophene rings is 1. The Morgan fingerprint density at radius 1 is 1.03 bits per heavy atom. The monoisotopic (exact) mass is 484 g/mol. The number of imide groups is 1. The van der Waals surface area contributed by atoms with Gasteiger partial charge in [0.1, 0.15) is 9.81 Å². The molecule has 1 aliphatic heterocycles. The Balaban J connectivity index is 1.85. The Hall–Kier alpha value is -3.01. The number of fused-ring (bicyclic) bond motifs is 1. The highest BCUT2D eigenvalue weighted by Gasteiger charge is 2.47. The molecule has 0 radical (unpaired) electrons. The number of nitrogens with one attached hydrogen (secondary N) is 1. The summed E-state index contributed by atoms with van der Waals surface area (Å²) < 4.78 is 34.8. The molecule has 2 aromatic carbocycles. The third-order valence-corrected chi connectivity index (χ3v) is 7.95. The van der Waals surface area contributed by atoms with Crippen LogP contribution in [0.2, 0.25) is 0 Å². The fourth-order valence-corrected chi connectivity index (χ4v) is 6.04. The molecule has 0 spiro atoms. The van der Waals surface area contributed by atoms with Gasteiger partial charge in [-0.1, -0.05) is 54.6 Å². The molecule has 9 heteroatoms. The molecule has 33 heavy (non-hydrogen) atoms. The average Bonchev–Trinajstić information content (AvgIpc) is 3.40. The number of benzene rings is 2. The van der Waals surface area contributed by atoms with E-state index in [1.807, 2.05) is 6.07 Å². The van der Waals surface area contributed by atoms with Gasteiger partial charge in [0.05, 0.1) is 12.1 Å². The number of hydrogen-bond acceptors (Lipinski definition) is 6. The summed E-state index contributed by atoms with van der Waals surface area (Å²) in [5, 5.41) is 1.67. The van der Waals surface area contributed by atoms with Crippen LogP contribution in [0.5, 0.6) is 0 Å². The number of sulfonamides is 1. The number of hydrogen-bond donors (Lipinski definition) is 1. The van der Waals surface area contributed by atoms with Gasteiger partial charge in [-0.25, -0.2) is 22.8 Å². The van der Waals surface area contributed by atoms with Crippen molar-refractivity contribution in [3.63, 3.8) is 0 Å². The maximum absolute atomic E-state index is 13.3. The summed E-state index contributed by atoms with van der Waals surface area (Å²) in [6.07, 6.45) is -0.829. The summed E-state index contributed by atoms with van der Waals surface area (Å²) in [7, 11) is -3.93.